The summed E-state index contributed by atoms with van der Waals surface area (Å²) in [6, 6.07) is 26.2. The Hall–Kier alpha value is -3.53. The Kier molecular flexibility index (Phi) is 4.09. The van der Waals surface area contributed by atoms with Crippen LogP contribution in [0.3, 0.4) is 0 Å². The molecule has 0 saturated carbocycles. The summed E-state index contributed by atoms with van der Waals surface area (Å²) in [6.45, 7) is 2.86. The van der Waals surface area contributed by atoms with E-state index in [9.17, 15) is 0 Å². The lowest BCUT2D eigenvalue weighted by molar-refractivity contribution is 0.338. The molecule has 1 aliphatic heterocycles. The molecule has 4 heteroatoms. The zero-order valence-corrected chi connectivity index (χ0v) is 15.5. The zero-order valence-electron chi connectivity index (χ0n) is 15.5. The van der Waals surface area contributed by atoms with Gasteiger partial charge in [-0.3, -0.25) is 0 Å². The van der Waals surface area contributed by atoms with E-state index in [0.717, 1.165) is 22.4 Å². The van der Waals surface area contributed by atoms with Gasteiger partial charge in [-0.2, -0.15) is 0 Å². The Morgan fingerprint density at radius 2 is 1.25 bits per heavy atom. The van der Waals surface area contributed by atoms with Gasteiger partial charge in [0.1, 0.15) is 5.75 Å². The Morgan fingerprint density at radius 1 is 0.679 bits per heavy atom. The number of para-hydroxylation sites is 1. The average Bonchev–Trinajstić information content (AvgIpc) is 3.16. The van der Waals surface area contributed by atoms with Gasteiger partial charge in [0.15, 0.2) is 17.5 Å². The second-order valence-corrected chi connectivity index (χ2v) is 6.97. The third kappa shape index (κ3) is 2.93. The summed E-state index contributed by atoms with van der Waals surface area (Å²) in [7, 11) is 0. The van der Waals surface area contributed by atoms with Crippen LogP contribution in [-0.4, -0.2) is 21.6 Å². The number of hydrogen-bond donors (Lipinski definition) is 0. The molecule has 0 saturated heterocycles. The Balaban J connectivity index is 1.73. The van der Waals surface area contributed by atoms with Crippen molar-refractivity contribution in [1.82, 2.24) is 15.0 Å². The van der Waals surface area contributed by atoms with Gasteiger partial charge in [-0.05, 0) is 6.07 Å². The van der Waals surface area contributed by atoms with Crippen LogP contribution >= 0.6 is 0 Å². The number of nitrogens with zero attached hydrogens (tertiary/aromatic N) is 3. The van der Waals surface area contributed by atoms with Crippen LogP contribution in [0.2, 0.25) is 0 Å². The molecule has 0 fully saturated rings. The molecule has 0 spiro atoms. The molecule has 0 aliphatic carbocycles. The molecule has 3 aromatic carbocycles. The van der Waals surface area contributed by atoms with Crippen LogP contribution < -0.4 is 4.74 Å². The quantitative estimate of drug-likeness (QED) is 0.490. The van der Waals surface area contributed by atoms with Crippen molar-refractivity contribution >= 4 is 0 Å². The molecule has 0 radical (unpaired) electrons. The predicted molar refractivity (Wildman–Crippen MR) is 110 cm³/mol. The van der Waals surface area contributed by atoms with Crippen LogP contribution in [0.15, 0.2) is 78.9 Å². The normalized spacial score (nSPS) is 15.1. The minimum atomic E-state index is 0.374. The van der Waals surface area contributed by atoms with Gasteiger partial charge in [-0.15, -0.1) is 0 Å². The summed E-state index contributed by atoms with van der Waals surface area (Å²) in [5, 5.41) is 0. The van der Waals surface area contributed by atoms with Crippen molar-refractivity contribution in [2.24, 2.45) is 0 Å². The van der Waals surface area contributed by atoms with E-state index in [1.807, 2.05) is 72.8 Å². The van der Waals surface area contributed by atoms with Gasteiger partial charge in [0, 0.05) is 22.6 Å². The fourth-order valence-electron chi connectivity index (χ4n) is 3.51. The Bertz CT molecular complexity index is 1070. The van der Waals surface area contributed by atoms with Crippen LogP contribution in [0.5, 0.6) is 5.75 Å². The lowest BCUT2D eigenvalue weighted by atomic mass is 10.0. The van der Waals surface area contributed by atoms with E-state index in [1.165, 1.54) is 5.56 Å². The van der Waals surface area contributed by atoms with Gasteiger partial charge in [0.05, 0.1) is 12.2 Å². The van der Waals surface area contributed by atoms with E-state index in [2.05, 4.69) is 13.0 Å². The number of hydrogen-bond acceptors (Lipinski definition) is 4. The van der Waals surface area contributed by atoms with E-state index >= 15 is 0 Å². The van der Waals surface area contributed by atoms with Crippen molar-refractivity contribution in [1.29, 1.82) is 0 Å². The molecule has 0 bridgehead atoms. The summed E-state index contributed by atoms with van der Waals surface area (Å²) in [5.74, 6) is 3.22. The number of fused-ring (bicyclic) bond motifs is 1. The fourth-order valence-corrected chi connectivity index (χ4v) is 3.51. The van der Waals surface area contributed by atoms with E-state index in [1.54, 1.807) is 0 Å². The Labute approximate surface area is 163 Å². The maximum absolute atomic E-state index is 5.99. The van der Waals surface area contributed by atoms with E-state index < -0.39 is 0 Å². The molecule has 28 heavy (non-hydrogen) atoms. The van der Waals surface area contributed by atoms with Gasteiger partial charge in [0.25, 0.3) is 0 Å². The van der Waals surface area contributed by atoms with Crippen molar-refractivity contribution in [3.63, 3.8) is 0 Å². The molecule has 1 atom stereocenters. The summed E-state index contributed by atoms with van der Waals surface area (Å²) < 4.78 is 5.99. The highest BCUT2D eigenvalue weighted by Crippen LogP contribution is 2.40. The monoisotopic (exact) mass is 365 g/mol. The van der Waals surface area contributed by atoms with Crippen molar-refractivity contribution in [2.75, 3.05) is 6.61 Å². The average molecular weight is 365 g/mol. The van der Waals surface area contributed by atoms with E-state index in [-0.39, 0.29) is 0 Å². The molecule has 0 amide bonds. The maximum atomic E-state index is 5.99. The molecular weight excluding hydrogens is 346 g/mol. The highest BCUT2D eigenvalue weighted by molar-refractivity contribution is 5.72. The summed E-state index contributed by atoms with van der Waals surface area (Å²) in [4.78, 5) is 14.3. The standard InChI is InChI=1S/C24H19N3O/c1-16-15-28-21-19(16)13-8-14-20(21)24-26-22(17-9-4-2-5-10-17)25-23(27-24)18-11-6-3-7-12-18/h2-14,16H,15H2,1H3. The molecule has 5 rings (SSSR count). The van der Waals surface area contributed by atoms with E-state index in [0.29, 0.717) is 30.0 Å². The van der Waals surface area contributed by atoms with Crippen LogP contribution in [0, 0.1) is 0 Å². The zero-order chi connectivity index (χ0) is 18.9. The second-order valence-electron chi connectivity index (χ2n) is 6.97. The van der Waals surface area contributed by atoms with Crippen LogP contribution in [0.1, 0.15) is 18.4 Å². The summed E-state index contributed by atoms with van der Waals surface area (Å²) in [6.07, 6.45) is 0. The highest BCUT2D eigenvalue weighted by Gasteiger charge is 2.25. The topological polar surface area (TPSA) is 47.9 Å². The first-order chi connectivity index (χ1) is 13.8. The van der Waals surface area contributed by atoms with Gasteiger partial charge >= 0.3 is 0 Å². The van der Waals surface area contributed by atoms with Gasteiger partial charge < -0.3 is 4.74 Å². The Morgan fingerprint density at radius 3 is 1.86 bits per heavy atom. The first-order valence-corrected chi connectivity index (χ1v) is 9.42. The number of benzene rings is 3. The van der Waals surface area contributed by atoms with Gasteiger partial charge in [0.2, 0.25) is 0 Å². The van der Waals surface area contributed by atoms with E-state index in [4.69, 9.17) is 19.7 Å². The minimum absolute atomic E-state index is 0.374. The van der Waals surface area contributed by atoms with Crippen LogP contribution in [-0.2, 0) is 0 Å². The fraction of sp³-hybridized carbons (Fsp3) is 0.125. The second kappa shape index (κ2) is 6.89. The lowest BCUT2D eigenvalue weighted by Gasteiger charge is -2.10. The summed E-state index contributed by atoms with van der Waals surface area (Å²) >= 11 is 0. The minimum Gasteiger partial charge on any atom is -0.492 e. The first kappa shape index (κ1) is 16.6. The lowest BCUT2D eigenvalue weighted by Crippen LogP contribution is -2.01. The van der Waals surface area contributed by atoms with Gasteiger partial charge in [-0.1, -0.05) is 79.7 Å². The number of aromatic nitrogens is 3. The molecule has 4 aromatic rings. The molecular formula is C24H19N3O. The molecule has 1 unspecified atom stereocenters. The molecule has 1 aromatic heterocycles. The third-order valence-electron chi connectivity index (χ3n) is 4.99. The third-order valence-corrected chi connectivity index (χ3v) is 4.99. The highest BCUT2D eigenvalue weighted by atomic mass is 16.5. The number of rotatable bonds is 3. The molecule has 4 nitrogen and oxygen atoms in total. The van der Waals surface area contributed by atoms with Crippen LogP contribution in [0.25, 0.3) is 34.2 Å². The SMILES string of the molecule is CC1COc2c(-c3nc(-c4ccccc4)nc(-c4ccccc4)n3)cccc21. The molecule has 136 valence electrons. The molecule has 1 aliphatic rings. The predicted octanol–water partition coefficient (Wildman–Crippen LogP) is 5.37. The smallest absolute Gasteiger partial charge is 0.167 e. The van der Waals surface area contributed by atoms with Gasteiger partial charge in [-0.25, -0.2) is 15.0 Å². The largest absolute Gasteiger partial charge is 0.492 e. The number of ether oxygens (including phenoxy) is 1. The first-order valence-electron chi connectivity index (χ1n) is 9.42. The summed E-state index contributed by atoms with van der Waals surface area (Å²) in [5.41, 5.74) is 4.05. The van der Waals surface area contributed by atoms with Crippen molar-refractivity contribution in [3.05, 3.63) is 84.4 Å². The van der Waals surface area contributed by atoms with Crippen molar-refractivity contribution in [3.8, 4) is 39.9 Å². The maximum Gasteiger partial charge on any atom is 0.167 e. The van der Waals surface area contributed by atoms with Crippen molar-refractivity contribution in [2.45, 2.75) is 12.8 Å². The van der Waals surface area contributed by atoms with Crippen molar-refractivity contribution < 1.29 is 4.74 Å². The molecule has 0 N–H and O–H groups in total. The van der Waals surface area contributed by atoms with Crippen LogP contribution in [0.4, 0.5) is 0 Å². The molecule has 2 heterocycles.